The highest BCUT2D eigenvalue weighted by molar-refractivity contribution is 5.85. The van der Waals surface area contributed by atoms with E-state index in [1.165, 1.54) is 6.08 Å². The number of hydrogen-bond donors (Lipinski definition) is 1. The molecule has 1 aromatic heterocycles. The lowest BCUT2D eigenvalue weighted by Gasteiger charge is -2.08. The van der Waals surface area contributed by atoms with Gasteiger partial charge in [-0.1, -0.05) is 6.07 Å². The SMILES string of the molecule is COc1ccc(Cn2ccnc2)cc1/C=C/C(=O)O. The van der Waals surface area contributed by atoms with Gasteiger partial charge >= 0.3 is 5.97 Å². The first-order chi connectivity index (χ1) is 9.19. The Hall–Kier alpha value is -2.56. The molecule has 0 saturated heterocycles. The molecule has 0 saturated carbocycles. The molecular formula is C14H14N2O3. The van der Waals surface area contributed by atoms with Gasteiger partial charge in [0, 0.05) is 30.6 Å². The maximum Gasteiger partial charge on any atom is 0.328 e. The van der Waals surface area contributed by atoms with Crippen LogP contribution in [0.2, 0.25) is 0 Å². The predicted octanol–water partition coefficient (Wildman–Crippen LogP) is 2.04. The fraction of sp³-hybridized carbons (Fsp3) is 0.143. The minimum atomic E-state index is -0.984. The molecule has 19 heavy (non-hydrogen) atoms. The maximum atomic E-state index is 10.6. The molecule has 2 rings (SSSR count). The van der Waals surface area contributed by atoms with Gasteiger partial charge in [-0.15, -0.1) is 0 Å². The van der Waals surface area contributed by atoms with Crippen molar-refractivity contribution >= 4 is 12.0 Å². The molecular weight excluding hydrogens is 244 g/mol. The van der Waals surface area contributed by atoms with Gasteiger partial charge in [0.2, 0.25) is 0 Å². The first kappa shape index (κ1) is 12.9. The summed E-state index contributed by atoms with van der Waals surface area (Å²) >= 11 is 0. The summed E-state index contributed by atoms with van der Waals surface area (Å²) in [6.07, 6.45) is 7.94. The number of rotatable bonds is 5. The number of hydrogen-bond acceptors (Lipinski definition) is 3. The second-order valence-corrected chi connectivity index (χ2v) is 3.98. The van der Waals surface area contributed by atoms with Crippen molar-refractivity contribution in [3.63, 3.8) is 0 Å². The molecule has 5 nitrogen and oxygen atoms in total. The molecule has 1 aromatic carbocycles. The summed E-state index contributed by atoms with van der Waals surface area (Å²) in [6, 6.07) is 5.67. The van der Waals surface area contributed by atoms with Gasteiger partial charge < -0.3 is 14.4 Å². The van der Waals surface area contributed by atoms with Gasteiger partial charge in [-0.3, -0.25) is 0 Å². The molecule has 0 aliphatic rings. The van der Waals surface area contributed by atoms with E-state index in [2.05, 4.69) is 4.98 Å². The van der Waals surface area contributed by atoms with Crippen LogP contribution in [0, 0.1) is 0 Å². The predicted molar refractivity (Wildman–Crippen MR) is 71.0 cm³/mol. The van der Waals surface area contributed by atoms with Crippen LogP contribution < -0.4 is 4.74 Å². The van der Waals surface area contributed by atoms with E-state index in [-0.39, 0.29) is 0 Å². The summed E-state index contributed by atoms with van der Waals surface area (Å²) in [5, 5.41) is 8.68. The minimum Gasteiger partial charge on any atom is -0.496 e. The van der Waals surface area contributed by atoms with Crippen LogP contribution in [0.5, 0.6) is 5.75 Å². The number of methoxy groups -OCH3 is 1. The summed E-state index contributed by atoms with van der Waals surface area (Å²) in [7, 11) is 1.56. The number of ether oxygens (including phenoxy) is 1. The molecule has 5 heteroatoms. The van der Waals surface area contributed by atoms with E-state index in [0.29, 0.717) is 12.3 Å². The summed E-state index contributed by atoms with van der Waals surface area (Å²) < 4.78 is 7.14. The highest BCUT2D eigenvalue weighted by Crippen LogP contribution is 2.21. The normalized spacial score (nSPS) is 10.8. The van der Waals surface area contributed by atoms with E-state index in [0.717, 1.165) is 17.2 Å². The second kappa shape index (κ2) is 5.86. The van der Waals surface area contributed by atoms with Gasteiger partial charge in [-0.05, 0) is 23.8 Å². The van der Waals surface area contributed by atoms with Gasteiger partial charge in [0.1, 0.15) is 5.75 Å². The molecule has 0 fully saturated rings. The molecule has 0 radical (unpaired) electrons. The van der Waals surface area contributed by atoms with Crippen LogP contribution in [0.25, 0.3) is 6.08 Å². The van der Waals surface area contributed by atoms with Crippen molar-refractivity contribution in [2.45, 2.75) is 6.54 Å². The molecule has 1 heterocycles. The Kier molecular flexibility index (Phi) is 3.97. The van der Waals surface area contributed by atoms with Gasteiger partial charge in [0.15, 0.2) is 0 Å². The Morgan fingerprint density at radius 3 is 3.00 bits per heavy atom. The monoisotopic (exact) mass is 258 g/mol. The lowest BCUT2D eigenvalue weighted by Crippen LogP contribution is -1.98. The fourth-order valence-electron chi connectivity index (χ4n) is 1.76. The Morgan fingerprint density at radius 1 is 1.53 bits per heavy atom. The smallest absolute Gasteiger partial charge is 0.328 e. The largest absolute Gasteiger partial charge is 0.496 e. The summed E-state index contributed by atoms with van der Waals surface area (Å²) in [6.45, 7) is 0.678. The summed E-state index contributed by atoms with van der Waals surface area (Å²) in [5.41, 5.74) is 1.78. The molecule has 0 bridgehead atoms. The first-order valence-electron chi connectivity index (χ1n) is 5.72. The van der Waals surface area contributed by atoms with Crippen molar-refractivity contribution in [3.05, 3.63) is 54.1 Å². The second-order valence-electron chi connectivity index (χ2n) is 3.98. The molecule has 1 N–H and O–H groups in total. The van der Waals surface area contributed by atoms with E-state index in [1.54, 1.807) is 19.6 Å². The summed E-state index contributed by atoms with van der Waals surface area (Å²) in [4.78, 5) is 14.6. The van der Waals surface area contributed by atoms with Crippen LogP contribution in [0.15, 0.2) is 43.0 Å². The first-order valence-corrected chi connectivity index (χ1v) is 5.72. The third-order valence-corrected chi connectivity index (χ3v) is 2.62. The molecule has 2 aromatic rings. The Balaban J connectivity index is 2.27. The average molecular weight is 258 g/mol. The van der Waals surface area contributed by atoms with Crippen LogP contribution in [-0.2, 0) is 11.3 Å². The maximum absolute atomic E-state index is 10.6. The average Bonchev–Trinajstić information content (AvgIpc) is 2.89. The highest BCUT2D eigenvalue weighted by atomic mass is 16.5. The van der Waals surface area contributed by atoms with E-state index in [4.69, 9.17) is 9.84 Å². The van der Waals surface area contributed by atoms with Gasteiger partial charge in [-0.25, -0.2) is 9.78 Å². The lowest BCUT2D eigenvalue weighted by atomic mass is 10.1. The van der Waals surface area contributed by atoms with E-state index in [1.807, 2.05) is 29.0 Å². The molecule has 0 atom stereocenters. The number of nitrogens with zero attached hydrogens (tertiary/aromatic N) is 2. The fourth-order valence-corrected chi connectivity index (χ4v) is 1.76. The zero-order chi connectivity index (χ0) is 13.7. The van der Waals surface area contributed by atoms with Gasteiger partial charge in [-0.2, -0.15) is 0 Å². The van der Waals surface area contributed by atoms with Crippen molar-refractivity contribution < 1.29 is 14.6 Å². The zero-order valence-electron chi connectivity index (χ0n) is 10.5. The van der Waals surface area contributed by atoms with Gasteiger partial charge in [0.05, 0.1) is 13.4 Å². The van der Waals surface area contributed by atoms with Crippen molar-refractivity contribution in [1.82, 2.24) is 9.55 Å². The number of carboxylic acids is 1. The topological polar surface area (TPSA) is 64.4 Å². The van der Waals surface area contributed by atoms with Crippen LogP contribution in [0.3, 0.4) is 0 Å². The van der Waals surface area contributed by atoms with Crippen LogP contribution in [0.4, 0.5) is 0 Å². The Bertz CT molecular complexity index is 589. The quantitative estimate of drug-likeness (QED) is 0.833. The molecule has 0 aliphatic carbocycles. The molecule has 0 amide bonds. The molecule has 98 valence electrons. The number of aromatic nitrogens is 2. The number of aliphatic carboxylic acids is 1. The zero-order valence-corrected chi connectivity index (χ0v) is 10.5. The number of benzene rings is 1. The van der Waals surface area contributed by atoms with Crippen molar-refractivity contribution in [3.8, 4) is 5.75 Å². The van der Waals surface area contributed by atoms with Crippen molar-refractivity contribution in [2.75, 3.05) is 7.11 Å². The van der Waals surface area contributed by atoms with E-state index in [9.17, 15) is 4.79 Å². The summed E-state index contributed by atoms with van der Waals surface area (Å²) in [5.74, 6) is -0.339. The number of imidazole rings is 1. The standard InChI is InChI=1S/C14H14N2O3/c1-19-13-4-2-11(9-16-7-6-15-10-16)8-12(13)3-5-14(17)18/h2-8,10H,9H2,1H3,(H,17,18)/b5-3+. The number of carbonyl (C=O) groups is 1. The molecule has 0 unspecified atom stereocenters. The Morgan fingerprint density at radius 2 is 2.37 bits per heavy atom. The van der Waals surface area contributed by atoms with Crippen molar-refractivity contribution in [1.29, 1.82) is 0 Å². The van der Waals surface area contributed by atoms with E-state index >= 15 is 0 Å². The third-order valence-electron chi connectivity index (χ3n) is 2.62. The van der Waals surface area contributed by atoms with Gasteiger partial charge in [0.25, 0.3) is 0 Å². The Labute approximate surface area is 110 Å². The lowest BCUT2D eigenvalue weighted by molar-refractivity contribution is -0.131. The van der Waals surface area contributed by atoms with Crippen LogP contribution in [-0.4, -0.2) is 27.7 Å². The van der Waals surface area contributed by atoms with E-state index < -0.39 is 5.97 Å². The van der Waals surface area contributed by atoms with Crippen LogP contribution >= 0.6 is 0 Å². The van der Waals surface area contributed by atoms with Crippen LogP contribution in [0.1, 0.15) is 11.1 Å². The molecule has 0 spiro atoms. The molecule has 0 aliphatic heterocycles. The third kappa shape index (κ3) is 3.45. The minimum absolute atomic E-state index is 0.645. The highest BCUT2D eigenvalue weighted by Gasteiger charge is 2.03. The number of carboxylic acid groups (broad SMARTS) is 1. The van der Waals surface area contributed by atoms with Crippen molar-refractivity contribution in [2.24, 2.45) is 0 Å².